The fourth-order valence-electron chi connectivity index (χ4n) is 3.22. The summed E-state index contributed by atoms with van der Waals surface area (Å²) in [4.78, 5) is 19.1. The van der Waals surface area contributed by atoms with E-state index in [0.717, 1.165) is 5.69 Å². The second-order valence-corrected chi connectivity index (χ2v) is 5.98. The Morgan fingerprint density at radius 2 is 2.00 bits per heavy atom. The van der Waals surface area contributed by atoms with Gasteiger partial charge >= 0.3 is 0 Å². The van der Waals surface area contributed by atoms with Crippen LogP contribution in [0.1, 0.15) is 22.3 Å². The third-order valence-corrected chi connectivity index (χ3v) is 4.51. The average molecular weight is 310 g/mol. The van der Waals surface area contributed by atoms with Gasteiger partial charge in [0.15, 0.2) is 5.60 Å². The highest BCUT2D eigenvalue weighted by Gasteiger charge is 2.52. The van der Waals surface area contributed by atoms with Crippen LogP contribution in [0.25, 0.3) is 0 Å². The van der Waals surface area contributed by atoms with Crippen LogP contribution in [0.4, 0.5) is 15.8 Å². The van der Waals surface area contributed by atoms with Crippen LogP contribution in [0.3, 0.4) is 0 Å². The summed E-state index contributed by atoms with van der Waals surface area (Å²) < 4.78 is 13.8. The lowest BCUT2D eigenvalue weighted by atomic mass is 9.87. The summed E-state index contributed by atoms with van der Waals surface area (Å²) in [5.74, 6) is -0.612. The van der Waals surface area contributed by atoms with Crippen LogP contribution in [0.15, 0.2) is 47.5 Å². The third-order valence-electron chi connectivity index (χ3n) is 4.51. The van der Waals surface area contributed by atoms with Crippen molar-refractivity contribution in [1.29, 1.82) is 0 Å². The molecule has 4 nitrogen and oxygen atoms in total. The van der Waals surface area contributed by atoms with Crippen LogP contribution < -0.4 is 4.90 Å². The van der Waals surface area contributed by atoms with Crippen LogP contribution in [0.2, 0.25) is 0 Å². The molecule has 1 unspecified atom stereocenters. The number of aliphatic imine (C=N–C) groups is 1. The first-order valence-corrected chi connectivity index (χ1v) is 7.50. The highest BCUT2D eigenvalue weighted by atomic mass is 19.1. The molecule has 0 amide bonds. The minimum atomic E-state index is -1.68. The van der Waals surface area contributed by atoms with Crippen molar-refractivity contribution in [2.24, 2.45) is 4.99 Å². The molecule has 2 aliphatic rings. The predicted molar refractivity (Wildman–Crippen MR) is 85.9 cm³/mol. The summed E-state index contributed by atoms with van der Waals surface area (Å²) in [6, 6.07) is 12.2. The van der Waals surface area contributed by atoms with Crippen LogP contribution in [0.5, 0.6) is 0 Å². The van der Waals surface area contributed by atoms with Gasteiger partial charge in [-0.2, -0.15) is 0 Å². The van der Waals surface area contributed by atoms with Crippen molar-refractivity contribution in [2.45, 2.75) is 18.9 Å². The van der Waals surface area contributed by atoms with Crippen LogP contribution in [-0.2, 0) is 0 Å². The number of amidine groups is 1. The van der Waals surface area contributed by atoms with E-state index < -0.39 is 17.2 Å². The molecule has 2 heterocycles. The van der Waals surface area contributed by atoms with Gasteiger partial charge in [0.25, 0.3) is 0 Å². The van der Waals surface area contributed by atoms with E-state index in [2.05, 4.69) is 4.99 Å². The fourth-order valence-corrected chi connectivity index (χ4v) is 3.22. The summed E-state index contributed by atoms with van der Waals surface area (Å²) >= 11 is 0. The van der Waals surface area contributed by atoms with E-state index in [4.69, 9.17) is 0 Å². The molecule has 1 atom stereocenters. The fraction of sp³-hybridized carbons (Fsp3) is 0.222. The molecule has 116 valence electrons. The van der Waals surface area contributed by atoms with Gasteiger partial charge in [-0.15, -0.1) is 0 Å². The zero-order chi connectivity index (χ0) is 16.2. The Kier molecular flexibility index (Phi) is 2.90. The number of para-hydroxylation sites is 1. The molecule has 23 heavy (non-hydrogen) atoms. The first kappa shape index (κ1) is 14.1. The zero-order valence-electron chi connectivity index (χ0n) is 12.6. The Morgan fingerprint density at radius 3 is 2.74 bits per heavy atom. The van der Waals surface area contributed by atoms with Crippen molar-refractivity contribution in [3.63, 3.8) is 0 Å². The summed E-state index contributed by atoms with van der Waals surface area (Å²) in [6.45, 7) is 2.12. The number of benzene rings is 2. The quantitative estimate of drug-likeness (QED) is 0.881. The molecule has 1 fully saturated rings. The average Bonchev–Trinajstić information content (AvgIpc) is 2.89. The summed E-state index contributed by atoms with van der Waals surface area (Å²) in [7, 11) is 0. The monoisotopic (exact) mass is 310 g/mol. The molecule has 2 aromatic rings. The number of aryl methyl sites for hydroxylation is 1. The highest BCUT2D eigenvalue weighted by molar-refractivity contribution is 6.28. The smallest absolute Gasteiger partial charge is 0.204 e. The lowest BCUT2D eigenvalue weighted by molar-refractivity contribution is 0.0601. The largest absolute Gasteiger partial charge is 0.374 e. The van der Waals surface area contributed by atoms with E-state index in [9.17, 15) is 14.3 Å². The topological polar surface area (TPSA) is 52.9 Å². The van der Waals surface area contributed by atoms with Gasteiger partial charge in [-0.25, -0.2) is 9.38 Å². The van der Waals surface area contributed by atoms with Crippen molar-refractivity contribution in [1.82, 2.24) is 0 Å². The van der Waals surface area contributed by atoms with Crippen LogP contribution in [-0.4, -0.2) is 28.9 Å². The minimum absolute atomic E-state index is 0.147. The van der Waals surface area contributed by atoms with Crippen molar-refractivity contribution >= 4 is 23.0 Å². The number of rotatable bonds is 1. The minimum Gasteiger partial charge on any atom is -0.374 e. The number of carbonyl (C=O) groups excluding carboxylic acids is 1. The summed E-state index contributed by atoms with van der Waals surface area (Å²) in [5, 5.41) is 10.9. The van der Waals surface area contributed by atoms with Crippen molar-refractivity contribution in [2.75, 3.05) is 11.4 Å². The molecule has 0 aromatic heterocycles. The van der Waals surface area contributed by atoms with Gasteiger partial charge < -0.3 is 10.0 Å². The Bertz CT molecular complexity index is 848. The second kappa shape index (κ2) is 4.73. The number of carbonyl (C=O) groups is 1. The van der Waals surface area contributed by atoms with Crippen molar-refractivity contribution < 1.29 is 14.3 Å². The van der Waals surface area contributed by atoms with Crippen molar-refractivity contribution in [3.05, 3.63) is 59.4 Å². The number of fused-ring (bicyclic) bond motifs is 2. The maximum absolute atomic E-state index is 13.8. The van der Waals surface area contributed by atoms with Gasteiger partial charge in [-0.1, -0.05) is 18.2 Å². The summed E-state index contributed by atoms with van der Waals surface area (Å²) in [6.07, 6.45) is 0.245. The Balaban J connectivity index is 1.90. The molecule has 5 heteroatoms. The molecule has 2 aliphatic heterocycles. The number of hydrogen-bond donors (Lipinski definition) is 1. The molecule has 2 aromatic carbocycles. The van der Waals surface area contributed by atoms with Gasteiger partial charge in [0.05, 0.1) is 5.69 Å². The van der Waals surface area contributed by atoms with E-state index >= 15 is 0 Å². The first-order valence-electron chi connectivity index (χ1n) is 7.50. The maximum atomic E-state index is 13.8. The molecular formula is C18H15FN2O2. The lowest BCUT2D eigenvalue weighted by Gasteiger charge is -2.29. The lowest BCUT2D eigenvalue weighted by Crippen LogP contribution is -2.48. The molecule has 1 saturated heterocycles. The molecular weight excluding hydrogens is 295 g/mol. The second-order valence-electron chi connectivity index (χ2n) is 5.98. The molecule has 1 N–H and O–H groups in total. The molecule has 4 rings (SSSR count). The molecule has 0 radical (unpaired) electrons. The molecule has 0 saturated carbocycles. The number of nitrogens with zero attached hydrogens (tertiary/aromatic N) is 2. The van der Waals surface area contributed by atoms with Gasteiger partial charge in [-0.05, 0) is 36.8 Å². The number of aliphatic hydroxyl groups is 1. The van der Waals surface area contributed by atoms with E-state index in [0.29, 0.717) is 23.6 Å². The van der Waals surface area contributed by atoms with E-state index in [1.165, 1.54) is 6.07 Å². The number of halogens is 1. The number of Topliss-reactive ketones (excluding diaryl/α,β-unsaturated/α-hetero) is 1. The zero-order valence-corrected chi connectivity index (χ0v) is 12.6. The summed E-state index contributed by atoms with van der Waals surface area (Å²) in [5.41, 5.74) is 0.184. The van der Waals surface area contributed by atoms with Crippen LogP contribution in [0, 0.1) is 12.7 Å². The van der Waals surface area contributed by atoms with Gasteiger partial charge in [0.1, 0.15) is 11.7 Å². The van der Waals surface area contributed by atoms with E-state index in [-0.39, 0.29) is 12.0 Å². The molecule has 0 aliphatic carbocycles. The Morgan fingerprint density at radius 1 is 1.26 bits per heavy atom. The van der Waals surface area contributed by atoms with E-state index in [1.807, 2.05) is 35.2 Å². The standard InChI is InChI=1S/C18H15FN2O2/c1-11-9-15-13(10-14(11)19)16(22)18(23)7-8-21(17(18)20-15)12-5-3-2-4-6-12/h2-6,9-10,23H,7-8H2,1H3. The van der Waals surface area contributed by atoms with Crippen molar-refractivity contribution in [3.8, 4) is 0 Å². The molecule has 0 spiro atoms. The van der Waals surface area contributed by atoms with E-state index in [1.54, 1.807) is 13.0 Å². The Hall–Kier alpha value is -2.53. The van der Waals surface area contributed by atoms with Gasteiger partial charge in [-0.3, -0.25) is 4.79 Å². The highest BCUT2D eigenvalue weighted by Crippen LogP contribution is 2.40. The first-order chi connectivity index (χ1) is 11.0. The predicted octanol–water partition coefficient (Wildman–Crippen LogP) is 3.00. The third kappa shape index (κ3) is 1.93. The normalized spacial score (nSPS) is 22.7. The van der Waals surface area contributed by atoms with Crippen LogP contribution >= 0.6 is 0 Å². The SMILES string of the molecule is Cc1cc2c(cc1F)C(=O)C1(O)CCN(c3ccccc3)C1=N2. The number of hydrogen-bond acceptors (Lipinski definition) is 4. The number of ketones is 1. The van der Waals surface area contributed by atoms with Gasteiger partial charge in [0, 0.05) is 24.2 Å². The van der Waals surface area contributed by atoms with Gasteiger partial charge in [0.2, 0.25) is 5.78 Å². The molecule has 0 bridgehead atoms. The maximum Gasteiger partial charge on any atom is 0.204 e. The Labute approximate surface area is 132 Å². The number of anilines is 1.